The van der Waals surface area contributed by atoms with Crippen LogP contribution in [0, 0.1) is 5.92 Å². The van der Waals surface area contributed by atoms with Crippen molar-refractivity contribution < 1.29 is 14.3 Å². The Morgan fingerprint density at radius 2 is 2.07 bits per heavy atom. The van der Waals surface area contributed by atoms with Gasteiger partial charge in [0.05, 0.1) is 12.3 Å². The average Bonchev–Trinajstić information content (AvgIpc) is 3.33. The Labute approximate surface area is 162 Å². The Kier molecular flexibility index (Phi) is 5.07. The van der Waals surface area contributed by atoms with Gasteiger partial charge in [-0.05, 0) is 42.4 Å². The maximum atomic E-state index is 12.3. The fourth-order valence-corrected chi connectivity index (χ4v) is 4.65. The molecule has 0 N–H and O–H groups in total. The van der Waals surface area contributed by atoms with E-state index in [0.717, 1.165) is 30.5 Å². The molecule has 140 valence electrons. The average molecular weight is 382 g/mol. The lowest BCUT2D eigenvalue weighted by molar-refractivity contribution is -0.134. The molecule has 0 unspecified atom stereocenters. The summed E-state index contributed by atoms with van der Waals surface area (Å²) < 4.78 is 5.26. The molecule has 0 radical (unpaired) electrons. The summed E-state index contributed by atoms with van der Waals surface area (Å²) in [5.41, 5.74) is 3.16. The second-order valence-corrected chi connectivity index (χ2v) is 8.30. The van der Waals surface area contributed by atoms with Crippen LogP contribution in [0.3, 0.4) is 0 Å². The topological polar surface area (TPSA) is 59.0 Å². The van der Waals surface area contributed by atoms with Crippen molar-refractivity contribution in [2.24, 2.45) is 11.0 Å². The van der Waals surface area contributed by atoms with E-state index < -0.39 is 5.97 Å². The number of nitrogens with zero attached hydrogens (tertiary/aromatic N) is 2. The highest BCUT2D eigenvalue weighted by Gasteiger charge is 2.24. The Morgan fingerprint density at radius 1 is 1.26 bits per heavy atom. The number of amides is 1. The summed E-state index contributed by atoms with van der Waals surface area (Å²) in [6, 6.07) is 11.7. The van der Waals surface area contributed by atoms with Crippen LogP contribution in [0.5, 0.6) is 0 Å². The summed E-state index contributed by atoms with van der Waals surface area (Å²) in [4.78, 5) is 26.5. The van der Waals surface area contributed by atoms with Crippen molar-refractivity contribution in [1.29, 1.82) is 0 Å². The quantitative estimate of drug-likeness (QED) is 0.758. The Morgan fingerprint density at radius 3 is 2.89 bits per heavy atom. The van der Waals surface area contributed by atoms with Gasteiger partial charge in [-0.3, -0.25) is 4.79 Å². The molecule has 0 bridgehead atoms. The third-order valence-electron chi connectivity index (χ3n) is 5.05. The maximum absolute atomic E-state index is 12.3. The van der Waals surface area contributed by atoms with Gasteiger partial charge in [-0.2, -0.15) is 5.10 Å². The van der Waals surface area contributed by atoms with Gasteiger partial charge in [-0.15, -0.1) is 11.3 Å². The molecule has 1 aromatic heterocycles. The van der Waals surface area contributed by atoms with Gasteiger partial charge in [-0.25, -0.2) is 9.80 Å². The summed E-state index contributed by atoms with van der Waals surface area (Å²) in [5.74, 6) is -0.0459. The number of hydrogen-bond acceptors (Lipinski definition) is 5. The van der Waals surface area contributed by atoms with Crippen molar-refractivity contribution in [2.75, 3.05) is 13.2 Å². The zero-order chi connectivity index (χ0) is 18.8. The molecule has 0 saturated heterocycles. The molecule has 1 aromatic carbocycles. The number of ether oxygens (including phenoxy) is 1. The first-order valence-electron chi connectivity index (χ1n) is 9.32. The van der Waals surface area contributed by atoms with Gasteiger partial charge in [0.15, 0.2) is 6.61 Å². The Bertz CT molecular complexity index is 888. The highest BCUT2D eigenvalue weighted by atomic mass is 32.1. The molecule has 2 aromatic rings. The minimum atomic E-state index is -0.415. The number of aryl methyl sites for hydroxylation is 1. The van der Waals surface area contributed by atoms with Crippen LogP contribution in [0.15, 0.2) is 41.5 Å². The fourth-order valence-electron chi connectivity index (χ4n) is 3.55. The Balaban J connectivity index is 1.34. The molecule has 2 aliphatic rings. The lowest BCUT2D eigenvalue weighted by atomic mass is 9.90. The summed E-state index contributed by atoms with van der Waals surface area (Å²) in [6.45, 7) is 2.48. The number of hydrazone groups is 1. The van der Waals surface area contributed by atoms with Gasteiger partial charge in [0.25, 0.3) is 5.91 Å². The van der Waals surface area contributed by atoms with E-state index in [0.29, 0.717) is 23.8 Å². The van der Waals surface area contributed by atoms with Gasteiger partial charge >= 0.3 is 5.97 Å². The molecule has 0 saturated carbocycles. The largest absolute Gasteiger partial charge is 0.451 e. The zero-order valence-corrected chi connectivity index (χ0v) is 16.1. The van der Waals surface area contributed by atoms with Crippen LogP contribution in [0.25, 0.3) is 0 Å². The molecule has 1 atom stereocenters. The molecule has 1 aliphatic carbocycles. The summed E-state index contributed by atoms with van der Waals surface area (Å²) >= 11 is 1.50. The minimum Gasteiger partial charge on any atom is -0.451 e. The number of thiophene rings is 1. The van der Waals surface area contributed by atoms with Crippen molar-refractivity contribution in [3.63, 3.8) is 0 Å². The Hall–Kier alpha value is -2.47. The van der Waals surface area contributed by atoms with Crippen molar-refractivity contribution in [1.82, 2.24) is 5.01 Å². The number of rotatable bonds is 4. The molecule has 6 heteroatoms. The zero-order valence-electron chi connectivity index (χ0n) is 15.3. The van der Waals surface area contributed by atoms with Crippen LogP contribution in [0.1, 0.15) is 45.4 Å². The molecular formula is C21H22N2O3S. The molecule has 0 fully saturated rings. The van der Waals surface area contributed by atoms with E-state index in [1.165, 1.54) is 26.8 Å². The molecule has 2 heterocycles. The van der Waals surface area contributed by atoms with Gasteiger partial charge in [0.2, 0.25) is 0 Å². The second-order valence-electron chi connectivity index (χ2n) is 7.16. The molecule has 4 rings (SSSR count). The third-order valence-corrected chi connectivity index (χ3v) is 6.27. The predicted molar refractivity (Wildman–Crippen MR) is 105 cm³/mol. The molecular weight excluding hydrogens is 360 g/mol. The van der Waals surface area contributed by atoms with E-state index in [-0.39, 0.29) is 12.5 Å². The van der Waals surface area contributed by atoms with E-state index in [4.69, 9.17) is 4.74 Å². The van der Waals surface area contributed by atoms with Gasteiger partial charge in [0, 0.05) is 11.3 Å². The number of carbonyl (C=O) groups is 2. The van der Waals surface area contributed by atoms with Crippen LogP contribution in [0.4, 0.5) is 0 Å². The monoisotopic (exact) mass is 382 g/mol. The number of hydrogen-bond donors (Lipinski definition) is 0. The fraction of sp³-hybridized carbons (Fsp3) is 0.381. The molecule has 5 nitrogen and oxygen atoms in total. The lowest BCUT2D eigenvalue weighted by Crippen LogP contribution is -2.28. The number of benzene rings is 1. The molecule has 0 spiro atoms. The first-order chi connectivity index (χ1) is 13.1. The highest BCUT2D eigenvalue weighted by Crippen LogP contribution is 2.32. The van der Waals surface area contributed by atoms with Crippen LogP contribution in [0.2, 0.25) is 0 Å². The van der Waals surface area contributed by atoms with Crippen LogP contribution in [-0.4, -0.2) is 35.7 Å². The number of fused-ring (bicyclic) bond motifs is 1. The summed E-state index contributed by atoms with van der Waals surface area (Å²) in [7, 11) is 0. The highest BCUT2D eigenvalue weighted by molar-refractivity contribution is 7.14. The van der Waals surface area contributed by atoms with Gasteiger partial charge in [-0.1, -0.05) is 37.3 Å². The van der Waals surface area contributed by atoms with E-state index >= 15 is 0 Å². The van der Waals surface area contributed by atoms with Crippen molar-refractivity contribution in [2.45, 2.75) is 32.6 Å². The maximum Gasteiger partial charge on any atom is 0.348 e. The van der Waals surface area contributed by atoms with Crippen molar-refractivity contribution >= 4 is 28.9 Å². The van der Waals surface area contributed by atoms with Crippen molar-refractivity contribution in [3.8, 4) is 0 Å². The standard InChI is InChI=1S/C21H22N2O3S/c1-14-7-8-18-16(11-14)12-19(27-18)21(25)26-13-20(24)23-10-9-17(22-23)15-5-3-2-4-6-15/h2-6,12,14H,7-11,13H2,1H3/t14-/m0/s1. The predicted octanol–water partition coefficient (Wildman–Crippen LogP) is 3.67. The third kappa shape index (κ3) is 3.95. The first kappa shape index (κ1) is 17.9. The van der Waals surface area contributed by atoms with E-state index in [1.807, 2.05) is 36.4 Å². The van der Waals surface area contributed by atoms with Gasteiger partial charge in [0.1, 0.15) is 4.88 Å². The summed E-state index contributed by atoms with van der Waals surface area (Å²) in [5, 5.41) is 5.78. The number of carbonyl (C=O) groups excluding carboxylic acids is 2. The normalized spacial score (nSPS) is 18.8. The van der Waals surface area contributed by atoms with Crippen LogP contribution in [-0.2, 0) is 22.4 Å². The smallest absolute Gasteiger partial charge is 0.348 e. The molecule has 27 heavy (non-hydrogen) atoms. The minimum absolute atomic E-state index is 0.274. The first-order valence-corrected chi connectivity index (χ1v) is 10.1. The second kappa shape index (κ2) is 7.64. The van der Waals surface area contributed by atoms with E-state index in [2.05, 4.69) is 12.0 Å². The van der Waals surface area contributed by atoms with Crippen LogP contribution < -0.4 is 0 Å². The van der Waals surface area contributed by atoms with Gasteiger partial charge < -0.3 is 4.74 Å². The summed E-state index contributed by atoms with van der Waals surface area (Å²) in [6.07, 6.45) is 3.91. The van der Waals surface area contributed by atoms with Crippen LogP contribution >= 0.6 is 11.3 Å². The SMILES string of the molecule is C[C@H]1CCc2sc(C(=O)OCC(=O)N3CCC(c4ccccc4)=N3)cc2C1. The molecule has 1 amide bonds. The molecule has 1 aliphatic heterocycles. The number of esters is 1. The van der Waals surface area contributed by atoms with Crippen molar-refractivity contribution in [3.05, 3.63) is 57.3 Å². The van der Waals surface area contributed by atoms with E-state index in [1.54, 1.807) is 0 Å². The van der Waals surface area contributed by atoms with E-state index in [9.17, 15) is 9.59 Å². The lowest BCUT2D eigenvalue weighted by Gasteiger charge is -2.16.